The molecule has 1 unspecified atom stereocenters. The van der Waals surface area contributed by atoms with Crippen molar-refractivity contribution in [2.45, 2.75) is 12.3 Å². The van der Waals surface area contributed by atoms with Gasteiger partial charge in [-0.05, 0) is 6.92 Å². The molecule has 116 valence electrons. The van der Waals surface area contributed by atoms with E-state index in [1.807, 2.05) is 6.92 Å². The fourth-order valence-corrected chi connectivity index (χ4v) is 3.23. The minimum atomic E-state index is -0.123. The van der Waals surface area contributed by atoms with Crippen LogP contribution < -0.4 is 19.5 Å². The molecule has 1 atom stereocenters. The molecule has 1 aromatic carbocycles. The molecule has 0 aliphatic carbocycles. The van der Waals surface area contributed by atoms with Crippen LogP contribution in [0.15, 0.2) is 12.1 Å². The van der Waals surface area contributed by atoms with Crippen LogP contribution in [0.2, 0.25) is 0 Å². The van der Waals surface area contributed by atoms with Gasteiger partial charge in [0.2, 0.25) is 5.75 Å². The Kier molecular flexibility index (Phi) is 5.06. The van der Waals surface area contributed by atoms with Crippen molar-refractivity contribution in [3.8, 4) is 17.2 Å². The number of methoxy groups -OCH3 is 3. The lowest BCUT2D eigenvalue weighted by Gasteiger charge is -2.21. The van der Waals surface area contributed by atoms with E-state index in [1.54, 1.807) is 50.1 Å². The number of ether oxygens (including phenoxy) is 3. The quantitative estimate of drug-likeness (QED) is 0.926. The van der Waals surface area contributed by atoms with Gasteiger partial charge in [-0.15, -0.1) is 11.8 Å². The Morgan fingerprint density at radius 2 is 1.86 bits per heavy atom. The largest absolute Gasteiger partial charge is 0.493 e. The molecule has 1 aromatic rings. The maximum atomic E-state index is 12.3. The highest BCUT2D eigenvalue weighted by Gasteiger charge is 2.26. The summed E-state index contributed by atoms with van der Waals surface area (Å²) in [7, 11) is 4.63. The smallest absolute Gasteiger partial charge is 0.322 e. The Hall–Kier alpha value is -1.76. The van der Waals surface area contributed by atoms with Gasteiger partial charge < -0.3 is 24.4 Å². The van der Waals surface area contributed by atoms with Crippen molar-refractivity contribution in [1.29, 1.82) is 0 Å². The molecule has 1 N–H and O–H groups in total. The Bertz CT molecular complexity index is 499. The maximum Gasteiger partial charge on any atom is 0.322 e. The Labute approximate surface area is 128 Å². The molecule has 1 heterocycles. The second-order valence-electron chi connectivity index (χ2n) is 4.51. The highest BCUT2D eigenvalue weighted by atomic mass is 32.2. The first-order valence-electron chi connectivity index (χ1n) is 6.60. The molecule has 1 fully saturated rings. The molecule has 1 aliphatic rings. The van der Waals surface area contributed by atoms with Gasteiger partial charge in [-0.3, -0.25) is 0 Å². The summed E-state index contributed by atoms with van der Waals surface area (Å²) >= 11 is 1.76. The predicted octanol–water partition coefficient (Wildman–Crippen LogP) is 2.64. The summed E-state index contributed by atoms with van der Waals surface area (Å²) in [5.74, 6) is 2.49. The van der Waals surface area contributed by atoms with Gasteiger partial charge in [0.15, 0.2) is 11.5 Å². The molecule has 1 aliphatic heterocycles. The van der Waals surface area contributed by atoms with Gasteiger partial charge in [-0.25, -0.2) is 4.79 Å². The van der Waals surface area contributed by atoms with Gasteiger partial charge in [0.05, 0.1) is 32.4 Å². The molecule has 6 nitrogen and oxygen atoms in total. The Morgan fingerprint density at radius 3 is 2.29 bits per heavy atom. The zero-order chi connectivity index (χ0) is 15.4. The summed E-state index contributed by atoms with van der Waals surface area (Å²) in [5.41, 5.74) is 0.610. The van der Waals surface area contributed by atoms with E-state index < -0.39 is 0 Å². The molecule has 21 heavy (non-hydrogen) atoms. The molecule has 0 bridgehead atoms. The van der Waals surface area contributed by atoms with Crippen LogP contribution in [0.25, 0.3) is 0 Å². The van der Waals surface area contributed by atoms with Gasteiger partial charge in [-0.2, -0.15) is 0 Å². The first-order chi connectivity index (χ1) is 10.1. The number of nitrogens with zero attached hydrogens (tertiary/aromatic N) is 1. The molecule has 0 radical (unpaired) electrons. The zero-order valence-electron chi connectivity index (χ0n) is 12.6. The minimum absolute atomic E-state index is 0.123. The van der Waals surface area contributed by atoms with E-state index in [1.165, 1.54) is 0 Å². The number of thioether (sulfide) groups is 1. The summed E-state index contributed by atoms with van der Waals surface area (Å²) in [6.45, 7) is 2.77. The van der Waals surface area contributed by atoms with E-state index >= 15 is 0 Å². The second kappa shape index (κ2) is 6.80. The maximum absolute atomic E-state index is 12.3. The lowest BCUT2D eigenvalue weighted by Crippen LogP contribution is -2.36. The molecular weight excluding hydrogens is 292 g/mol. The van der Waals surface area contributed by atoms with E-state index in [2.05, 4.69) is 5.32 Å². The van der Waals surface area contributed by atoms with Crippen LogP contribution in [-0.4, -0.2) is 49.9 Å². The van der Waals surface area contributed by atoms with Crippen molar-refractivity contribution in [1.82, 2.24) is 4.90 Å². The number of benzene rings is 1. The summed E-state index contributed by atoms with van der Waals surface area (Å²) < 4.78 is 15.8. The highest BCUT2D eigenvalue weighted by Crippen LogP contribution is 2.40. The lowest BCUT2D eigenvalue weighted by molar-refractivity contribution is 0.216. The number of urea groups is 1. The van der Waals surface area contributed by atoms with Crippen molar-refractivity contribution in [3.63, 3.8) is 0 Å². The fraction of sp³-hybridized carbons (Fsp3) is 0.500. The predicted molar refractivity (Wildman–Crippen MR) is 83.7 cm³/mol. The van der Waals surface area contributed by atoms with Crippen LogP contribution in [0.5, 0.6) is 17.2 Å². The number of amides is 2. The van der Waals surface area contributed by atoms with E-state index in [-0.39, 0.29) is 11.4 Å². The number of hydrogen-bond acceptors (Lipinski definition) is 5. The Balaban J connectivity index is 2.21. The summed E-state index contributed by atoms with van der Waals surface area (Å²) in [6.07, 6.45) is 0. The Morgan fingerprint density at radius 1 is 1.24 bits per heavy atom. The first-order valence-corrected chi connectivity index (χ1v) is 7.64. The zero-order valence-corrected chi connectivity index (χ0v) is 13.5. The van der Waals surface area contributed by atoms with Crippen molar-refractivity contribution in [3.05, 3.63) is 12.1 Å². The van der Waals surface area contributed by atoms with Gasteiger partial charge >= 0.3 is 6.03 Å². The van der Waals surface area contributed by atoms with Crippen LogP contribution in [0.1, 0.15) is 6.92 Å². The van der Waals surface area contributed by atoms with Gasteiger partial charge in [0.1, 0.15) is 0 Å². The monoisotopic (exact) mass is 312 g/mol. The van der Waals surface area contributed by atoms with Crippen LogP contribution in [-0.2, 0) is 0 Å². The van der Waals surface area contributed by atoms with Crippen LogP contribution >= 0.6 is 11.8 Å². The fourth-order valence-electron chi connectivity index (χ4n) is 2.21. The summed E-state index contributed by atoms with van der Waals surface area (Å²) in [5, 5.41) is 3.06. The number of hydrogen-bond donors (Lipinski definition) is 1. The number of anilines is 1. The highest BCUT2D eigenvalue weighted by molar-refractivity contribution is 8.00. The minimum Gasteiger partial charge on any atom is -0.493 e. The van der Waals surface area contributed by atoms with E-state index in [0.29, 0.717) is 22.9 Å². The molecule has 2 rings (SSSR count). The molecule has 0 aromatic heterocycles. The molecular formula is C14H20N2O4S. The van der Waals surface area contributed by atoms with Crippen molar-refractivity contribution >= 4 is 23.5 Å². The average Bonchev–Trinajstić information content (AvgIpc) is 2.92. The molecule has 2 amide bonds. The normalized spacial score (nSPS) is 17.5. The van der Waals surface area contributed by atoms with E-state index in [4.69, 9.17) is 14.2 Å². The topological polar surface area (TPSA) is 60.0 Å². The molecule has 0 spiro atoms. The SMILES string of the molecule is COc1cc(NC(=O)N2CCSC2C)cc(OC)c1OC. The van der Waals surface area contributed by atoms with Crippen LogP contribution in [0.4, 0.5) is 10.5 Å². The van der Waals surface area contributed by atoms with Crippen LogP contribution in [0, 0.1) is 0 Å². The second-order valence-corrected chi connectivity index (χ2v) is 5.93. The van der Waals surface area contributed by atoms with Gasteiger partial charge in [-0.1, -0.05) is 0 Å². The summed E-state index contributed by atoms with van der Waals surface area (Å²) in [4.78, 5) is 14.1. The summed E-state index contributed by atoms with van der Waals surface area (Å²) in [6, 6.07) is 3.31. The third-order valence-corrected chi connectivity index (χ3v) is 4.46. The van der Waals surface area contributed by atoms with Crippen molar-refractivity contribution in [2.75, 3.05) is 38.9 Å². The number of carbonyl (C=O) groups is 1. The van der Waals surface area contributed by atoms with Gasteiger partial charge in [0.25, 0.3) is 0 Å². The molecule has 0 saturated carbocycles. The molecule has 7 heteroatoms. The van der Waals surface area contributed by atoms with Crippen molar-refractivity contribution in [2.24, 2.45) is 0 Å². The number of carbonyl (C=O) groups excluding carboxylic acids is 1. The van der Waals surface area contributed by atoms with Gasteiger partial charge in [0, 0.05) is 24.4 Å². The third kappa shape index (κ3) is 3.29. The van der Waals surface area contributed by atoms with E-state index in [9.17, 15) is 4.79 Å². The lowest BCUT2D eigenvalue weighted by atomic mass is 10.2. The van der Waals surface area contributed by atoms with Crippen molar-refractivity contribution < 1.29 is 19.0 Å². The van der Waals surface area contributed by atoms with Crippen LogP contribution in [0.3, 0.4) is 0 Å². The average molecular weight is 312 g/mol. The number of nitrogens with one attached hydrogen (secondary N) is 1. The molecule has 1 saturated heterocycles. The number of rotatable bonds is 4. The van der Waals surface area contributed by atoms with E-state index in [0.717, 1.165) is 12.3 Å². The third-order valence-electron chi connectivity index (χ3n) is 3.31. The first kappa shape index (κ1) is 15.6. The standard InChI is InChI=1S/C14H20N2O4S/c1-9-16(5-6-21-9)14(17)15-10-7-11(18-2)13(20-4)12(8-10)19-3/h7-9H,5-6H2,1-4H3,(H,15,17).